The zero-order valence-electron chi connectivity index (χ0n) is 8.63. The number of phenolic OH excluding ortho intramolecular Hbond substituents is 1. The van der Waals surface area contributed by atoms with Gasteiger partial charge in [-0.3, -0.25) is 9.36 Å². The van der Waals surface area contributed by atoms with Crippen LogP contribution in [0.1, 0.15) is 5.56 Å². The highest BCUT2D eigenvalue weighted by Crippen LogP contribution is 2.18. The first-order valence-corrected chi connectivity index (χ1v) is 4.93. The molecule has 0 fully saturated rings. The lowest BCUT2D eigenvalue weighted by atomic mass is 10.2. The molecule has 0 amide bonds. The Labute approximate surface area is 92.6 Å². The lowest BCUT2D eigenvalue weighted by Gasteiger charge is -2.08. The Morgan fingerprint density at radius 1 is 1.19 bits per heavy atom. The van der Waals surface area contributed by atoms with Gasteiger partial charge in [-0.1, -0.05) is 18.2 Å². The lowest BCUT2D eigenvalue weighted by molar-refractivity contribution is 0.471. The summed E-state index contributed by atoms with van der Waals surface area (Å²) >= 11 is 0. The third-order valence-corrected chi connectivity index (χ3v) is 2.39. The van der Waals surface area contributed by atoms with Crippen LogP contribution in [-0.4, -0.2) is 9.67 Å². The van der Waals surface area contributed by atoms with Crippen LogP contribution in [0.15, 0.2) is 47.4 Å². The van der Waals surface area contributed by atoms with E-state index in [0.717, 1.165) is 0 Å². The molecule has 0 atom stereocenters. The highest BCUT2D eigenvalue weighted by Gasteiger charge is 2.06. The Kier molecular flexibility index (Phi) is 2.74. The number of aromatic hydroxyl groups is 1. The second-order valence-electron chi connectivity index (χ2n) is 3.40. The first kappa shape index (κ1) is 10.4. The topological polar surface area (TPSA) is 68.2 Å². The number of aromatic nitrogens is 1. The molecule has 0 aliphatic rings. The van der Waals surface area contributed by atoms with Crippen molar-refractivity contribution >= 4 is 0 Å². The largest absolute Gasteiger partial charge is 0.506 e. The molecule has 0 aliphatic carbocycles. The van der Waals surface area contributed by atoms with Gasteiger partial charge in [-0.15, -0.1) is 0 Å². The molecule has 3 N–H and O–H groups in total. The summed E-state index contributed by atoms with van der Waals surface area (Å²) in [5, 5.41) is 9.66. The minimum absolute atomic E-state index is 0.0683. The maximum atomic E-state index is 11.9. The number of phenols is 1. The Balaban J connectivity index is 2.66. The average molecular weight is 216 g/mol. The van der Waals surface area contributed by atoms with Crippen molar-refractivity contribution < 1.29 is 5.11 Å². The number of rotatable bonds is 2. The standard InChI is InChI=1S/C12H12N2O2/c13-8-9-4-3-7-14(12(9)16)10-5-1-2-6-11(10)15/h1-7,15H,8,13H2. The number of benzene rings is 1. The zero-order valence-corrected chi connectivity index (χ0v) is 8.63. The number of hydrogen-bond donors (Lipinski definition) is 2. The van der Waals surface area contributed by atoms with Gasteiger partial charge in [0.2, 0.25) is 0 Å². The molecule has 0 saturated carbocycles. The lowest BCUT2D eigenvalue weighted by Crippen LogP contribution is -2.23. The average Bonchev–Trinajstić information content (AvgIpc) is 2.31. The van der Waals surface area contributed by atoms with E-state index >= 15 is 0 Å². The van der Waals surface area contributed by atoms with E-state index in [9.17, 15) is 9.90 Å². The van der Waals surface area contributed by atoms with Crippen LogP contribution < -0.4 is 11.3 Å². The highest BCUT2D eigenvalue weighted by atomic mass is 16.3. The van der Waals surface area contributed by atoms with E-state index in [4.69, 9.17) is 5.73 Å². The summed E-state index contributed by atoms with van der Waals surface area (Å²) in [4.78, 5) is 11.9. The summed E-state index contributed by atoms with van der Waals surface area (Å²) in [6.07, 6.45) is 1.61. The Bertz CT molecular complexity index is 561. The second-order valence-corrected chi connectivity index (χ2v) is 3.40. The van der Waals surface area contributed by atoms with Gasteiger partial charge < -0.3 is 10.8 Å². The Hall–Kier alpha value is -2.07. The van der Waals surface area contributed by atoms with Crippen LogP contribution in [0.5, 0.6) is 5.75 Å². The maximum Gasteiger partial charge on any atom is 0.259 e. The van der Waals surface area contributed by atoms with Crippen molar-refractivity contribution in [1.29, 1.82) is 0 Å². The van der Waals surface area contributed by atoms with Crippen molar-refractivity contribution in [1.82, 2.24) is 4.57 Å². The summed E-state index contributed by atoms with van der Waals surface area (Å²) in [6, 6.07) is 10.1. The maximum absolute atomic E-state index is 11.9. The molecule has 82 valence electrons. The molecular formula is C12H12N2O2. The smallest absolute Gasteiger partial charge is 0.259 e. The minimum Gasteiger partial charge on any atom is -0.506 e. The minimum atomic E-state index is -0.202. The first-order chi connectivity index (χ1) is 7.74. The molecule has 1 aromatic heterocycles. The van der Waals surface area contributed by atoms with E-state index in [1.807, 2.05) is 0 Å². The predicted octanol–water partition coefficient (Wildman–Crippen LogP) is 1.00. The van der Waals surface area contributed by atoms with Gasteiger partial charge >= 0.3 is 0 Å². The summed E-state index contributed by atoms with van der Waals surface area (Å²) < 4.78 is 1.39. The normalized spacial score (nSPS) is 10.3. The van der Waals surface area contributed by atoms with E-state index in [1.54, 1.807) is 36.5 Å². The fourth-order valence-electron chi connectivity index (χ4n) is 1.55. The van der Waals surface area contributed by atoms with Crippen molar-refractivity contribution in [2.45, 2.75) is 6.54 Å². The Morgan fingerprint density at radius 3 is 2.62 bits per heavy atom. The van der Waals surface area contributed by atoms with Gasteiger partial charge in [0.05, 0.1) is 5.69 Å². The third-order valence-electron chi connectivity index (χ3n) is 2.39. The molecule has 0 unspecified atom stereocenters. The summed E-state index contributed by atoms with van der Waals surface area (Å²) in [5.74, 6) is 0.0683. The molecule has 1 heterocycles. The summed E-state index contributed by atoms with van der Waals surface area (Å²) in [6.45, 7) is 0.188. The van der Waals surface area contributed by atoms with Gasteiger partial charge in [-0.25, -0.2) is 0 Å². The van der Waals surface area contributed by atoms with Gasteiger partial charge in [-0.2, -0.15) is 0 Å². The highest BCUT2D eigenvalue weighted by molar-refractivity contribution is 5.45. The predicted molar refractivity (Wildman–Crippen MR) is 61.6 cm³/mol. The summed E-state index contributed by atoms with van der Waals surface area (Å²) in [7, 11) is 0. The third kappa shape index (κ3) is 1.70. The van der Waals surface area contributed by atoms with Crippen LogP contribution in [0, 0.1) is 0 Å². The zero-order chi connectivity index (χ0) is 11.5. The molecule has 4 heteroatoms. The fourth-order valence-corrected chi connectivity index (χ4v) is 1.55. The molecule has 0 aliphatic heterocycles. The number of nitrogens with two attached hydrogens (primary N) is 1. The molecular weight excluding hydrogens is 204 g/mol. The molecule has 0 bridgehead atoms. The fraction of sp³-hybridized carbons (Fsp3) is 0.0833. The SMILES string of the molecule is NCc1cccn(-c2ccccc2O)c1=O. The molecule has 4 nitrogen and oxygen atoms in total. The van der Waals surface area contributed by atoms with Crippen LogP contribution in [-0.2, 0) is 6.54 Å². The van der Waals surface area contributed by atoms with Gasteiger partial charge in [0.15, 0.2) is 0 Å². The molecule has 0 radical (unpaired) electrons. The summed E-state index contributed by atoms with van der Waals surface area (Å²) in [5.41, 5.74) is 6.24. The second kappa shape index (κ2) is 4.20. The van der Waals surface area contributed by atoms with Gasteiger partial charge in [0.25, 0.3) is 5.56 Å². The van der Waals surface area contributed by atoms with Crippen molar-refractivity contribution in [3.05, 3.63) is 58.5 Å². The van der Waals surface area contributed by atoms with E-state index in [0.29, 0.717) is 11.3 Å². The van der Waals surface area contributed by atoms with Gasteiger partial charge in [0.1, 0.15) is 5.75 Å². The van der Waals surface area contributed by atoms with Crippen molar-refractivity contribution in [2.75, 3.05) is 0 Å². The van der Waals surface area contributed by atoms with Crippen LogP contribution in [0.25, 0.3) is 5.69 Å². The van der Waals surface area contributed by atoms with Gasteiger partial charge in [0, 0.05) is 18.3 Å². The molecule has 0 saturated heterocycles. The monoisotopic (exact) mass is 216 g/mol. The van der Waals surface area contributed by atoms with Crippen LogP contribution >= 0.6 is 0 Å². The molecule has 1 aromatic carbocycles. The molecule has 0 spiro atoms. The number of para-hydroxylation sites is 2. The van der Waals surface area contributed by atoms with Crippen LogP contribution in [0.3, 0.4) is 0 Å². The number of nitrogens with zero attached hydrogens (tertiary/aromatic N) is 1. The quantitative estimate of drug-likeness (QED) is 0.787. The van der Waals surface area contributed by atoms with E-state index in [2.05, 4.69) is 0 Å². The number of hydrogen-bond acceptors (Lipinski definition) is 3. The number of pyridine rings is 1. The first-order valence-electron chi connectivity index (χ1n) is 4.93. The molecule has 2 aromatic rings. The van der Waals surface area contributed by atoms with Crippen molar-refractivity contribution in [2.24, 2.45) is 5.73 Å². The van der Waals surface area contributed by atoms with Crippen molar-refractivity contribution in [3.8, 4) is 11.4 Å². The van der Waals surface area contributed by atoms with Crippen LogP contribution in [0.4, 0.5) is 0 Å². The van der Waals surface area contributed by atoms with E-state index in [-0.39, 0.29) is 17.9 Å². The van der Waals surface area contributed by atoms with Crippen molar-refractivity contribution in [3.63, 3.8) is 0 Å². The van der Waals surface area contributed by atoms with E-state index in [1.165, 1.54) is 10.6 Å². The molecule has 16 heavy (non-hydrogen) atoms. The van der Waals surface area contributed by atoms with Gasteiger partial charge in [-0.05, 0) is 18.2 Å². The van der Waals surface area contributed by atoms with E-state index < -0.39 is 0 Å². The Morgan fingerprint density at radius 2 is 1.94 bits per heavy atom. The van der Waals surface area contributed by atoms with Crippen LogP contribution in [0.2, 0.25) is 0 Å². The molecule has 2 rings (SSSR count).